The van der Waals surface area contributed by atoms with Crippen molar-refractivity contribution >= 4 is 19.7 Å². The van der Waals surface area contributed by atoms with Crippen LogP contribution in [0.25, 0.3) is 11.2 Å². The van der Waals surface area contributed by atoms with E-state index in [4.69, 9.17) is 37.7 Å². The Kier molecular flexibility index (Phi) is 14.0. The maximum absolute atomic E-state index is 9.42. The summed E-state index contributed by atoms with van der Waals surface area (Å²) in [6.07, 6.45) is 2.16. The predicted octanol–water partition coefficient (Wildman–Crippen LogP) is 9.59. The van der Waals surface area contributed by atoms with Crippen molar-refractivity contribution in [2.75, 3.05) is 27.4 Å². The number of fused-ring (bicyclic) bond motifs is 1. The summed E-state index contributed by atoms with van der Waals surface area (Å²) in [6.45, 7) is 8.81. The van der Waals surface area contributed by atoms with Gasteiger partial charge >= 0.3 is 0 Å². The van der Waals surface area contributed by atoms with Gasteiger partial charge in [0.1, 0.15) is 41.5 Å². The first-order valence-corrected chi connectivity index (χ1v) is 21.2. The van der Waals surface area contributed by atoms with Crippen molar-refractivity contribution in [3.05, 3.63) is 139 Å². The van der Waals surface area contributed by atoms with Crippen LogP contribution in [0.2, 0.25) is 0 Å². The van der Waals surface area contributed by atoms with Crippen molar-refractivity contribution in [1.82, 2.24) is 24.2 Å². The second-order valence-electron chi connectivity index (χ2n) is 14.8. The molecule has 1 saturated heterocycles. The van der Waals surface area contributed by atoms with Crippen LogP contribution < -0.4 is 14.2 Å². The quantitative estimate of drug-likeness (QED) is 0.0437. The molecule has 0 aliphatic carbocycles. The molecule has 7 rings (SSSR count). The highest BCUT2D eigenvalue weighted by atomic mass is 31.2. The fraction of sp³-hybridized carbons (Fsp3) is 0.348. The molecule has 6 aromatic rings. The highest BCUT2D eigenvalue weighted by Gasteiger charge is 2.45. The van der Waals surface area contributed by atoms with Gasteiger partial charge in [0.05, 0.1) is 52.4 Å². The van der Waals surface area contributed by atoms with E-state index in [0.717, 1.165) is 28.2 Å². The Morgan fingerprint density at radius 3 is 1.98 bits per heavy atom. The lowest BCUT2D eigenvalue weighted by molar-refractivity contribution is -0.0912. The van der Waals surface area contributed by atoms with Crippen LogP contribution in [0.3, 0.4) is 0 Å². The molecule has 0 amide bonds. The van der Waals surface area contributed by atoms with Crippen LogP contribution in [0.15, 0.2) is 122 Å². The van der Waals surface area contributed by atoms with E-state index in [1.165, 1.54) is 6.33 Å². The number of imidazole rings is 1. The van der Waals surface area contributed by atoms with E-state index in [1.807, 2.05) is 102 Å². The summed E-state index contributed by atoms with van der Waals surface area (Å²) >= 11 is 0. The third-order valence-electron chi connectivity index (χ3n) is 10.3. The molecule has 0 radical (unpaired) electrons. The molecule has 60 heavy (non-hydrogen) atoms. The average molecular weight is 831 g/mol. The number of para-hydroxylation sites is 1. The van der Waals surface area contributed by atoms with Crippen molar-refractivity contribution < 1.29 is 32.7 Å². The molecule has 0 saturated carbocycles. The first kappa shape index (κ1) is 42.7. The number of benzene rings is 4. The number of nitriles is 1. The number of hydrogen-bond donors (Lipinski definition) is 0. The summed E-state index contributed by atoms with van der Waals surface area (Å²) in [7, 11) is 1.67. The van der Waals surface area contributed by atoms with Crippen LogP contribution in [0.5, 0.6) is 23.1 Å². The smallest absolute Gasteiger partial charge is 0.259 e. The highest BCUT2D eigenvalue weighted by molar-refractivity contribution is 7.44. The molecule has 0 N–H and O–H groups in total. The summed E-state index contributed by atoms with van der Waals surface area (Å²) in [4.78, 5) is 13.8. The van der Waals surface area contributed by atoms with Crippen LogP contribution in [0.4, 0.5) is 0 Å². The highest BCUT2D eigenvalue weighted by Crippen LogP contribution is 2.51. The largest absolute Gasteiger partial charge is 0.497 e. The number of nitrogens with zero attached hydrogens (tertiary/aromatic N) is 6. The van der Waals surface area contributed by atoms with E-state index in [0.29, 0.717) is 29.2 Å². The molecule has 14 heteroatoms. The molecular formula is C46H51N6O7P. The number of rotatable bonds is 19. The third kappa shape index (κ3) is 9.30. The summed E-state index contributed by atoms with van der Waals surface area (Å²) in [6, 6.07) is 37.8. The Labute approximate surface area is 352 Å². The zero-order chi connectivity index (χ0) is 42.1. The molecule has 1 unspecified atom stereocenters. The Hall–Kier alpha value is -5.45. The Morgan fingerprint density at radius 2 is 1.40 bits per heavy atom. The SMILES string of the molecule is COc1ccc(C(OC[C@H]2O[C@@H](n3cnc4c(Oc5ccccc5)ncnc43)C[C@@H]2OP(OCCC#N)N(C(C)C)C(C)C)(c2ccccc2)c2ccc(OC)cc2)cc1. The zero-order valence-electron chi connectivity index (χ0n) is 34.8. The van der Waals surface area contributed by atoms with Crippen molar-refractivity contribution in [2.24, 2.45) is 0 Å². The second kappa shape index (κ2) is 19.7. The van der Waals surface area contributed by atoms with E-state index in [2.05, 4.69) is 60.5 Å². The molecule has 4 atom stereocenters. The number of aromatic nitrogens is 4. The minimum Gasteiger partial charge on any atom is -0.497 e. The Morgan fingerprint density at radius 1 is 0.800 bits per heavy atom. The van der Waals surface area contributed by atoms with E-state index in [1.54, 1.807) is 20.5 Å². The molecule has 1 fully saturated rings. The van der Waals surface area contributed by atoms with Gasteiger partial charge in [-0.25, -0.2) is 14.6 Å². The van der Waals surface area contributed by atoms with Crippen molar-refractivity contribution in [3.63, 3.8) is 0 Å². The average Bonchev–Trinajstić information content (AvgIpc) is 3.89. The van der Waals surface area contributed by atoms with Gasteiger partial charge in [-0.3, -0.25) is 4.57 Å². The van der Waals surface area contributed by atoms with Crippen molar-refractivity contribution in [1.29, 1.82) is 5.26 Å². The normalized spacial score (nSPS) is 17.3. The van der Waals surface area contributed by atoms with Crippen molar-refractivity contribution in [3.8, 4) is 29.2 Å². The van der Waals surface area contributed by atoms with Crippen LogP contribution in [-0.2, 0) is 24.1 Å². The minimum atomic E-state index is -1.63. The molecule has 0 spiro atoms. The van der Waals surface area contributed by atoms with Gasteiger partial charge in [0.2, 0.25) is 0 Å². The van der Waals surface area contributed by atoms with Crippen molar-refractivity contribution in [2.45, 2.75) is 76.7 Å². The summed E-state index contributed by atoms with van der Waals surface area (Å²) in [5.74, 6) is 2.42. The molecule has 2 aromatic heterocycles. The van der Waals surface area contributed by atoms with Gasteiger partial charge < -0.3 is 32.7 Å². The van der Waals surface area contributed by atoms with Crippen LogP contribution in [0, 0.1) is 11.3 Å². The molecule has 0 bridgehead atoms. The molecule has 3 heterocycles. The lowest BCUT2D eigenvalue weighted by atomic mass is 9.80. The molecule has 4 aromatic carbocycles. The van der Waals surface area contributed by atoms with Gasteiger partial charge in [-0.05, 0) is 80.8 Å². The second-order valence-corrected chi connectivity index (χ2v) is 16.2. The van der Waals surface area contributed by atoms with Gasteiger partial charge in [-0.1, -0.05) is 72.8 Å². The topological polar surface area (TPSA) is 135 Å². The minimum absolute atomic E-state index is 0.0965. The molecule has 312 valence electrons. The van der Waals surface area contributed by atoms with Crippen LogP contribution >= 0.6 is 8.53 Å². The van der Waals surface area contributed by atoms with Gasteiger partial charge in [0, 0.05) is 18.5 Å². The maximum Gasteiger partial charge on any atom is 0.259 e. The van der Waals surface area contributed by atoms with E-state index >= 15 is 0 Å². The fourth-order valence-corrected chi connectivity index (χ4v) is 9.30. The lowest BCUT2D eigenvalue weighted by Crippen LogP contribution is -2.39. The number of hydrogen-bond acceptors (Lipinski definition) is 12. The van der Waals surface area contributed by atoms with E-state index in [9.17, 15) is 5.26 Å². The number of ether oxygens (including phenoxy) is 5. The zero-order valence-corrected chi connectivity index (χ0v) is 35.6. The number of methoxy groups -OCH3 is 2. The van der Waals surface area contributed by atoms with Crippen LogP contribution in [0.1, 0.15) is 63.5 Å². The summed E-state index contributed by atoms with van der Waals surface area (Å²) < 4.78 is 49.3. The molecule has 1 aliphatic heterocycles. The lowest BCUT2D eigenvalue weighted by Gasteiger charge is -2.39. The molecule has 1 aliphatic rings. The van der Waals surface area contributed by atoms with Gasteiger partial charge in [0.25, 0.3) is 14.4 Å². The van der Waals surface area contributed by atoms with Gasteiger partial charge in [-0.2, -0.15) is 10.2 Å². The maximum atomic E-state index is 9.42. The van der Waals surface area contributed by atoms with E-state index in [-0.39, 0.29) is 31.7 Å². The summed E-state index contributed by atoms with van der Waals surface area (Å²) in [5, 5.41) is 9.42. The predicted molar refractivity (Wildman–Crippen MR) is 229 cm³/mol. The van der Waals surface area contributed by atoms with Gasteiger partial charge in [-0.15, -0.1) is 0 Å². The molecule has 13 nitrogen and oxygen atoms in total. The molecular weight excluding hydrogens is 780 g/mol. The van der Waals surface area contributed by atoms with Gasteiger partial charge in [0.15, 0.2) is 11.2 Å². The standard InChI is InChI=1S/C46H51N6O7P/c1-32(2)52(33(3)4)60(56-27-13-26-47)59-40-28-42(51-31-50-43-44(51)48-30-49-45(43)57-39-16-11-8-12-17-39)58-41(40)29-55-46(34-14-9-7-10-15-34,35-18-22-37(53-5)23-19-35)36-20-24-38(54-6)25-21-36/h7-12,14-25,30-33,40-42H,13,27-29H2,1-6H3/t40-,41+,42+,60?/m0/s1. The first-order chi connectivity index (χ1) is 29.2. The van der Waals surface area contributed by atoms with Crippen LogP contribution in [-0.4, -0.2) is 75.9 Å². The summed E-state index contributed by atoms with van der Waals surface area (Å²) in [5.41, 5.74) is 2.65. The fourth-order valence-electron chi connectivity index (χ4n) is 7.54. The monoisotopic (exact) mass is 830 g/mol. The van der Waals surface area contributed by atoms with E-state index < -0.39 is 32.6 Å². The Bertz CT molecular complexity index is 2250. The first-order valence-electron chi connectivity index (χ1n) is 20.0. The third-order valence-corrected chi connectivity index (χ3v) is 12.5. The Balaban J connectivity index is 1.29.